The molecule has 0 spiro atoms. The molecule has 1 fully saturated rings. The molecule has 1 aliphatic heterocycles. The number of carbonyl (C=O) groups is 1. The van der Waals surface area contributed by atoms with Crippen LogP contribution in [0.2, 0.25) is 0 Å². The SMILES string of the molecule is COc1ccccc1CNC(=O)N(Cc1ccc(F)cc1)[C@@H]1CCN(C)C[C@@H]1F. The number of halogens is 2. The van der Waals surface area contributed by atoms with Crippen LogP contribution in [-0.2, 0) is 13.1 Å². The number of rotatable bonds is 6. The molecule has 2 aromatic rings. The number of para-hydroxylation sites is 1. The Morgan fingerprint density at radius 2 is 1.97 bits per heavy atom. The Kier molecular flexibility index (Phi) is 7.04. The predicted octanol–water partition coefficient (Wildman–Crippen LogP) is 3.59. The summed E-state index contributed by atoms with van der Waals surface area (Å²) in [6, 6.07) is 12.5. The third-order valence-electron chi connectivity index (χ3n) is 5.26. The Labute approximate surface area is 170 Å². The molecule has 0 saturated carbocycles. The molecular weight excluding hydrogens is 376 g/mol. The molecule has 2 aromatic carbocycles. The molecule has 0 aromatic heterocycles. The van der Waals surface area contributed by atoms with Gasteiger partial charge in [0.25, 0.3) is 0 Å². The quantitative estimate of drug-likeness (QED) is 0.802. The normalized spacial score (nSPS) is 19.6. The highest BCUT2D eigenvalue weighted by Gasteiger charge is 2.35. The van der Waals surface area contributed by atoms with Crippen LogP contribution < -0.4 is 10.1 Å². The number of nitrogens with zero attached hydrogens (tertiary/aromatic N) is 2. The molecular formula is C22H27F2N3O2. The maximum absolute atomic E-state index is 14.8. The van der Waals surface area contributed by atoms with E-state index in [-0.39, 0.29) is 31.5 Å². The minimum Gasteiger partial charge on any atom is -0.496 e. The van der Waals surface area contributed by atoms with E-state index in [0.717, 1.165) is 11.1 Å². The van der Waals surface area contributed by atoms with Crippen molar-refractivity contribution in [3.05, 3.63) is 65.5 Å². The first-order valence-electron chi connectivity index (χ1n) is 9.71. The molecule has 2 atom stereocenters. The molecule has 156 valence electrons. The van der Waals surface area contributed by atoms with Gasteiger partial charge in [-0.05, 0) is 37.2 Å². The lowest BCUT2D eigenvalue weighted by Crippen LogP contribution is -2.55. The maximum Gasteiger partial charge on any atom is 0.318 e. The molecule has 3 rings (SSSR count). The van der Waals surface area contributed by atoms with E-state index in [9.17, 15) is 13.6 Å². The fourth-order valence-corrected chi connectivity index (χ4v) is 3.64. The van der Waals surface area contributed by atoms with Crippen LogP contribution in [0.15, 0.2) is 48.5 Å². The van der Waals surface area contributed by atoms with Crippen LogP contribution in [0.1, 0.15) is 17.5 Å². The van der Waals surface area contributed by atoms with Crippen molar-refractivity contribution < 1.29 is 18.3 Å². The molecule has 5 nitrogen and oxygen atoms in total. The number of likely N-dealkylation sites (tertiary alicyclic amines) is 1. The number of hydrogen-bond acceptors (Lipinski definition) is 3. The number of amides is 2. The Morgan fingerprint density at radius 1 is 1.24 bits per heavy atom. The molecule has 0 aliphatic carbocycles. The monoisotopic (exact) mass is 403 g/mol. The number of carbonyl (C=O) groups excluding carboxylic acids is 1. The van der Waals surface area contributed by atoms with Gasteiger partial charge in [-0.25, -0.2) is 13.6 Å². The Morgan fingerprint density at radius 3 is 2.66 bits per heavy atom. The van der Waals surface area contributed by atoms with E-state index in [2.05, 4.69) is 5.32 Å². The van der Waals surface area contributed by atoms with Crippen molar-refractivity contribution >= 4 is 6.03 Å². The van der Waals surface area contributed by atoms with Gasteiger partial charge in [0.15, 0.2) is 0 Å². The van der Waals surface area contributed by atoms with Crippen LogP contribution in [0.25, 0.3) is 0 Å². The van der Waals surface area contributed by atoms with Crippen molar-refractivity contribution in [3.63, 3.8) is 0 Å². The molecule has 1 N–H and O–H groups in total. The van der Waals surface area contributed by atoms with Gasteiger partial charge >= 0.3 is 6.03 Å². The predicted molar refractivity (Wildman–Crippen MR) is 108 cm³/mol. The molecule has 1 saturated heterocycles. The van der Waals surface area contributed by atoms with Gasteiger partial charge in [-0.15, -0.1) is 0 Å². The van der Waals surface area contributed by atoms with E-state index in [0.29, 0.717) is 18.7 Å². The maximum atomic E-state index is 14.8. The second-order valence-corrected chi connectivity index (χ2v) is 7.36. The Hall–Kier alpha value is -2.67. The number of urea groups is 1. The number of ether oxygens (including phenoxy) is 1. The van der Waals surface area contributed by atoms with Crippen molar-refractivity contribution in [2.45, 2.75) is 31.7 Å². The van der Waals surface area contributed by atoms with Crippen molar-refractivity contribution in [2.75, 3.05) is 27.2 Å². The summed E-state index contributed by atoms with van der Waals surface area (Å²) in [6.45, 7) is 1.48. The van der Waals surface area contributed by atoms with Gasteiger partial charge in [0, 0.05) is 31.7 Å². The first-order chi connectivity index (χ1) is 14.0. The minimum atomic E-state index is -1.15. The molecule has 1 aliphatic rings. The smallest absolute Gasteiger partial charge is 0.318 e. The van der Waals surface area contributed by atoms with Crippen molar-refractivity contribution in [2.24, 2.45) is 0 Å². The molecule has 7 heteroatoms. The topological polar surface area (TPSA) is 44.8 Å². The number of nitrogens with one attached hydrogen (secondary N) is 1. The van der Waals surface area contributed by atoms with Gasteiger partial charge in [0.1, 0.15) is 17.7 Å². The third-order valence-corrected chi connectivity index (χ3v) is 5.26. The van der Waals surface area contributed by atoms with Crippen LogP contribution >= 0.6 is 0 Å². The Balaban J connectivity index is 1.75. The Bertz CT molecular complexity index is 816. The first-order valence-corrected chi connectivity index (χ1v) is 9.71. The first kappa shape index (κ1) is 21.0. The summed E-state index contributed by atoms with van der Waals surface area (Å²) in [7, 11) is 3.45. The zero-order valence-electron chi connectivity index (χ0n) is 16.8. The highest BCUT2D eigenvalue weighted by molar-refractivity contribution is 5.74. The van der Waals surface area contributed by atoms with Crippen LogP contribution in [0, 0.1) is 5.82 Å². The summed E-state index contributed by atoms with van der Waals surface area (Å²) in [5.74, 6) is 0.337. The molecule has 2 amide bonds. The summed E-state index contributed by atoms with van der Waals surface area (Å²) < 4.78 is 33.4. The fourth-order valence-electron chi connectivity index (χ4n) is 3.64. The number of methoxy groups -OCH3 is 1. The molecule has 1 heterocycles. The van der Waals surface area contributed by atoms with Gasteiger partial charge in [0.2, 0.25) is 0 Å². The second kappa shape index (κ2) is 9.69. The van der Waals surface area contributed by atoms with Crippen molar-refractivity contribution in [3.8, 4) is 5.75 Å². The molecule has 0 bridgehead atoms. The van der Waals surface area contributed by atoms with Gasteiger partial charge in [0.05, 0.1) is 13.2 Å². The average molecular weight is 403 g/mol. The minimum absolute atomic E-state index is 0.215. The van der Waals surface area contributed by atoms with Crippen LogP contribution in [0.3, 0.4) is 0 Å². The van der Waals surface area contributed by atoms with Gasteiger partial charge in [-0.3, -0.25) is 0 Å². The number of hydrogen-bond donors (Lipinski definition) is 1. The van der Waals surface area contributed by atoms with Crippen LogP contribution in [0.4, 0.5) is 13.6 Å². The number of benzene rings is 2. The molecule has 29 heavy (non-hydrogen) atoms. The van der Waals surface area contributed by atoms with Crippen LogP contribution in [0.5, 0.6) is 5.75 Å². The second-order valence-electron chi connectivity index (χ2n) is 7.36. The molecule has 0 unspecified atom stereocenters. The van der Waals surface area contributed by atoms with Crippen LogP contribution in [-0.4, -0.2) is 55.3 Å². The highest BCUT2D eigenvalue weighted by Crippen LogP contribution is 2.22. The lowest BCUT2D eigenvalue weighted by atomic mass is 10.0. The van der Waals surface area contributed by atoms with Crippen molar-refractivity contribution in [1.29, 1.82) is 0 Å². The number of piperidine rings is 1. The zero-order chi connectivity index (χ0) is 20.8. The summed E-state index contributed by atoms with van der Waals surface area (Å²) in [5, 5.41) is 2.89. The van der Waals surface area contributed by atoms with E-state index in [1.54, 1.807) is 19.2 Å². The average Bonchev–Trinajstić information content (AvgIpc) is 2.72. The third kappa shape index (κ3) is 5.44. The lowest BCUT2D eigenvalue weighted by molar-refractivity contribution is 0.0571. The zero-order valence-corrected chi connectivity index (χ0v) is 16.8. The van der Waals surface area contributed by atoms with E-state index >= 15 is 0 Å². The summed E-state index contributed by atoms with van der Waals surface area (Å²) in [5.41, 5.74) is 1.59. The van der Waals surface area contributed by atoms with E-state index in [4.69, 9.17) is 4.74 Å². The number of alkyl halides is 1. The summed E-state index contributed by atoms with van der Waals surface area (Å²) >= 11 is 0. The van der Waals surface area contributed by atoms with E-state index in [1.165, 1.54) is 17.0 Å². The van der Waals surface area contributed by atoms with Gasteiger partial charge in [-0.2, -0.15) is 0 Å². The van der Waals surface area contributed by atoms with Gasteiger partial charge < -0.3 is 19.9 Å². The fraction of sp³-hybridized carbons (Fsp3) is 0.409. The van der Waals surface area contributed by atoms with E-state index < -0.39 is 12.2 Å². The highest BCUT2D eigenvalue weighted by atomic mass is 19.1. The summed E-state index contributed by atoms with van der Waals surface area (Å²) in [4.78, 5) is 16.5. The standard InChI is InChI=1S/C22H27F2N3O2/c1-26-12-11-20(19(24)15-26)27(14-16-7-9-18(23)10-8-16)22(28)25-13-17-5-3-4-6-21(17)29-2/h3-10,19-20H,11-15H2,1-2H3,(H,25,28)/t19-,20+/m0/s1. The molecule has 0 radical (unpaired) electrons. The van der Waals surface area contributed by atoms with Gasteiger partial charge in [-0.1, -0.05) is 30.3 Å². The van der Waals surface area contributed by atoms with Crippen molar-refractivity contribution in [1.82, 2.24) is 15.1 Å². The largest absolute Gasteiger partial charge is 0.496 e. The van der Waals surface area contributed by atoms with E-state index in [1.807, 2.05) is 36.2 Å². The summed E-state index contributed by atoms with van der Waals surface area (Å²) in [6.07, 6.45) is -0.604. The lowest BCUT2D eigenvalue weighted by Gasteiger charge is -2.39.